The molecular formula is C20H24ClN3O4. The third kappa shape index (κ3) is 4.00. The Bertz CT molecular complexity index is 920. The summed E-state index contributed by atoms with van der Waals surface area (Å²) in [7, 11) is 0. The largest absolute Gasteiger partial charge is 0.454 e. The molecule has 1 amide bonds. The Kier molecular flexibility index (Phi) is 6.26. The first-order valence-corrected chi connectivity index (χ1v) is 9.27. The molecule has 1 aromatic heterocycles. The summed E-state index contributed by atoms with van der Waals surface area (Å²) in [5, 5.41) is 6.37. The molecule has 2 aromatic rings. The van der Waals surface area contributed by atoms with Crippen molar-refractivity contribution in [1.29, 1.82) is 0 Å². The molecule has 28 heavy (non-hydrogen) atoms. The monoisotopic (exact) mass is 405 g/mol. The highest BCUT2D eigenvalue weighted by atomic mass is 35.5. The molecule has 0 saturated carbocycles. The fourth-order valence-corrected chi connectivity index (χ4v) is 3.56. The highest BCUT2D eigenvalue weighted by molar-refractivity contribution is 5.95. The minimum absolute atomic E-state index is 0. The number of aryl methyl sites for hydroxylation is 1. The number of rotatable bonds is 3. The topological polar surface area (TPSA) is 81.6 Å². The van der Waals surface area contributed by atoms with Gasteiger partial charge in [-0.3, -0.25) is 14.2 Å². The average Bonchev–Trinajstić information content (AvgIpc) is 2.97. The SMILES string of the molecule is Cc1ccn(-c2ccc3c(c2)OCO3)c(=O)c1C(=O)NC1CCCNCC1.Cl. The van der Waals surface area contributed by atoms with Crippen molar-refractivity contribution in [2.45, 2.75) is 32.2 Å². The van der Waals surface area contributed by atoms with Crippen LogP contribution in [0.1, 0.15) is 35.2 Å². The van der Waals surface area contributed by atoms with E-state index < -0.39 is 0 Å². The van der Waals surface area contributed by atoms with Crippen LogP contribution in [0.25, 0.3) is 5.69 Å². The van der Waals surface area contributed by atoms with Gasteiger partial charge in [-0.15, -0.1) is 12.4 Å². The van der Waals surface area contributed by atoms with Crippen molar-refractivity contribution in [3.63, 3.8) is 0 Å². The standard InChI is InChI=1S/C20H23N3O4.ClH/c1-13-7-10-23(15-4-5-16-17(11-15)27-12-26-16)20(25)18(13)19(24)22-14-3-2-8-21-9-6-14;/h4-5,7,10-11,14,21H,2-3,6,8-9,12H2,1H3,(H,22,24);1H. The predicted molar refractivity (Wildman–Crippen MR) is 108 cm³/mol. The van der Waals surface area contributed by atoms with Crippen molar-refractivity contribution in [3.05, 3.63) is 51.9 Å². The van der Waals surface area contributed by atoms with E-state index in [0.717, 1.165) is 32.4 Å². The van der Waals surface area contributed by atoms with E-state index in [1.807, 2.05) is 0 Å². The molecule has 0 spiro atoms. The van der Waals surface area contributed by atoms with E-state index in [1.54, 1.807) is 37.4 Å². The van der Waals surface area contributed by atoms with Crippen LogP contribution in [0.15, 0.2) is 35.3 Å². The van der Waals surface area contributed by atoms with E-state index in [-0.39, 0.29) is 42.3 Å². The van der Waals surface area contributed by atoms with Gasteiger partial charge in [-0.05, 0) is 63.0 Å². The normalized spacial score (nSPS) is 18.1. The van der Waals surface area contributed by atoms with Gasteiger partial charge in [0.1, 0.15) is 5.56 Å². The molecule has 1 aromatic carbocycles. The molecule has 3 heterocycles. The highest BCUT2D eigenvalue weighted by Crippen LogP contribution is 2.33. The molecule has 0 bridgehead atoms. The van der Waals surface area contributed by atoms with Gasteiger partial charge < -0.3 is 20.1 Å². The number of aromatic nitrogens is 1. The lowest BCUT2D eigenvalue weighted by Crippen LogP contribution is -2.39. The van der Waals surface area contributed by atoms with Gasteiger partial charge in [0.15, 0.2) is 11.5 Å². The van der Waals surface area contributed by atoms with E-state index in [2.05, 4.69) is 10.6 Å². The summed E-state index contributed by atoms with van der Waals surface area (Å²) in [6.07, 6.45) is 4.48. The Morgan fingerprint density at radius 1 is 1.18 bits per heavy atom. The second-order valence-corrected chi connectivity index (χ2v) is 6.94. The number of amides is 1. The zero-order chi connectivity index (χ0) is 18.8. The third-order valence-electron chi connectivity index (χ3n) is 5.07. The Balaban J connectivity index is 0.00000225. The van der Waals surface area contributed by atoms with Gasteiger partial charge in [-0.25, -0.2) is 0 Å². The molecule has 4 rings (SSSR count). The van der Waals surface area contributed by atoms with Gasteiger partial charge in [0.05, 0.1) is 5.69 Å². The number of carbonyl (C=O) groups excluding carboxylic acids is 1. The van der Waals surface area contributed by atoms with Crippen molar-refractivity contribution in [1.82, 2.24) is 15.2 Å². The number of pyridine rings is 1. The first kappa shape index (κ1) is 20.2. The quantitative estimate of drug-likeness (QED) is 0.817. The van der Waals surface area contributed by atoms with Gasteiger partial charge in [0.25, 0.3) is 11.5 Å². The van der Waals surface area contributed by atoms with Crippen LogP contribution in [-0.2, 0) is 0 Å². The first-order chi connectivity index (χ1) is 13.1. The van der Waals surface area contributed by atoms with Gasteiger partial charge >= 0.3 is 0 Å². The number of ether oxygens (including phenoxy) is 2. The number of halogens is 1. The van der Waals surface area contributed by atoms with Crippen molar-refractivity contribution in [3.8, 4) is 17.2 Å². The van der Waals surface area contributed by atoms with Crippen molar-refractivity contribution >= 4 is 18.3 Å². The maximum absolute atomic E-state index is 13.1. The fraction of sp³-hybridized carbons (Fsp3) is 0.400. The summed E-state index contributed by atoms with van der Waals surface area (Å²) in [5.74, 6) is 0.940. The van der Waals surface area contributed by atoms with Crippen molar-refractivity contribution < 1.29 is 14.3 Å². The van der Waals surface area contributed by atoms with Gasteiger partial charge in [0.2, 0.25) is 6.79 Å². The molecule has 2 aliphatic heterocycles. The Morgan fingerprint density at radius 2 is 2.00 bits per heavy atom. The van der Waals surface area contributed by atoms with E-state index in [1.165, 1.54) is 4.57 Å². The Labute approximate surface area is 169 Å². The maximum atomic E-state index is 13.1. The number of fused-ring (bicyclic) bond motifs is 1. The summed E-state index contributed by atoms with van der Waals surface area (Å²) in [6.45, 7) is 3.80. The number of hydrogen-bond acceptors (Lipinski definition) is 5. The number of benzene rings is 1. The van der Waals surface area contributed by atoms with Crippen molar-refractivity contribution in [2.24, 2.45) is 0 Å². The number of hydrogen-bond donors (Lipinski definition) is 2. The van der Waals surface area contributed by atoms with E-state index in [9.17, 15) is 9.59 Å². The number of nitrogens with one attached hydrogen (secondary N) is 2. The Hall–Kier alpha value is -2.51. The lowest BCUT2D eigenvalue weighted by Gasteiger charge is -2.17. The van der Waals surface area contributed by atoms with Crippen LogP contribution < -0.4 is 25.7 Å². The van der Waals surface area contributed by atoms with Gasteiger partial charge in [-0.2, -0.15) is 0 Å². The zero-order valence-electron chi connectivity index (χ0n) is 15.7. The lowest BCUT2D eigenvalue weighted by molar-refractivity contribution is 0.0931. The number of nitrogens with zero attached hydrogens (tertiary/aromatic N) is 1. The van der Waals surface area contributed by atoms with Crippen LogP contribution in [0.5, 0.6) is 11.5 Å². The molecule has 0 aliphatic carbocycles. The summed E-state index contributed by atoms with van der Waals surface area (Å²) in [5.41, 5.74) is 1.16. The molecule has 1 saturated heterocycles. The molecule has 2 aliphatic rings. The van der Waals surface area contributed by atoms with Crippen LogP contribution >= 0.6 is 12.4 Å². The summed E-state index contributed by atoms with van der Waals surface area (Å²) < 4.78 is 12.2. The third-order valence-corrected chi connectivity index (χ3v) is 5.07. The zero-order valence-corrected chi connectivity index (χ0v) is 16.5. The van der Waals surface area contributed by atoms with Crippen LogP contribution in [-0.4, -0.2) is 36.4 Å². The fourth-order valence-electron chi connectivity index (χ4n) is 3.56. The Morgan fingerprint density at radius 3 is 2.86 bits per heavy atom. The molecule has 7 nitrogen and oxygen atoms in total. The van der Waals surface area contributed by atoms with Crippen LogP contribution in [0.2, 0.25) is 0 Å². The second kappa shape index (κ2) is 8.67. The molecule has 8 heteroatoms. The van der Waals surface area contributed by atoms with Crippen LogP contribution in [0.4, 0.5) is 0 Å². The van der Waals surface area contributed by atoms with E-state index >= 15 is 0 Å². The first-order valence-electron chi connectivity index (χ1n) is 9.27. The summed E-state index contributed by atoms with van der Waals surface area (Å²) >= 11 is 0. The van der Waals surface area contributed by atoms with E-state index in [4.69, 9.17) is 9.47 Å². The minimum atomic E-state index is -0.335. The molecule has 1 fully saturated rings. The number of carbonyl (C=O) groups is 1. The molecule has 1 unspecified atom stereocenters. The smallest absolute Gasteiger partial charge is 0.268 e. The molecule has 2 N–H and O–H groups in total. The maximum Gasteiger partial charge on any atom is 0.268 e. The van der Waals surface area contributed by atoms with Gasteiger partial charge in [0, 0.05) is 18.3 Å². The van der Waals surface area contributed by atoms with Crippen molar-refractivity contribution in [2.75, 3.05) is 19.9 Å². The highest BCUT2D eigenvalue weighted by Gasteiger charge is 2.21. The average molecular weight is 406 g/mol. The van der Waals surface area contributed by atoms with Gasteiger partial charge in [-0.1, -0.05) is 0 Å². The predicted octanol–water partition coefficient (Wildman–Crippen LogP) is 2.17. The van der Waals surface area contributed by atoms with Crippen LogP contribution in [0.3, 0.4) is 0 Å². The molecule has 150 valence electrons. The molecule has 1 atom stereocenters. The summed E-state index contributed by atoms with van der Waals surface area (Å²) in [4.78, 5) is 25.9. The van der Waals surface area contributed by atoms with Crippen LogP contribution in [0, 0.1) is 6.92 Å². The molecule has 0 radical (unpaired) electrons. The lowest BCUT2D eigenvalue weighted by atomic mass is 10.1. The minimum Gasteiger partial charge on any atom is -0.454 e. The molecular weight excluding hydrogens is 382 g/mol. The summed E-state index contributed by atoms with van der Waals surface area (Å²) in [6, 6.07) is 7.17. The van der Waals surface area contributed by atoms with E-state index in [0.29, 0.717) is 22.7 Å². The second-order valence-electron chi connectivity index (χ2n) is 6.94.